The molecule has 11 heteroatoms. The predicted molar refractivity (Wildman–Crippen MR) is 99.6 cm³/mol. The van der Waals surface area contributed by atoms with Crippen LogP contribution in [0.1, 0.15) is 29.3 Å². The molecule has 0 bridgehead atoms. The first-order valence-electron chi connectivity index (χ1n) is 8.08. The van der Waals surface area contributed by atoms with Gasteiger partial charge in [-0.15, -0.1) is 11.3 Å². The Morgan fingerprint density at radius 3 is 2.62 bits per heavy atom. The van der Waals surface area contributed by atoms with Crippen LogP contribution in [0.2, 0.25) is 0 Å². The molecular weight excluding hydrogens is 429 g/mol. The Kier molecular flexibility index (Phi) is 7.53. The fraction of sp³-hybridized carbons (Fsp3) is 0.278. The number of esters is 1. The molecule has 0 aliphatic rings. The molecule has 0 atom stereocenters. The number of Topliss-reactive ketones (excluding diaryl/α,β-unsaturated/α-hetero) is 2. The minimum atomic E-state index is -5.09. The van der Waals surface area contributed by atoms with Crippen molar-refractivity contribution in [2.24, 2.45) is 0 Å². The van der Waals surface area contributed by atoms with Gasteiger partial charge in [-0.3, -0.25) is 9.59 Å². The highest BCUT2D eigenvalue weighted by molar-refractivity contribution is 8.00. The van der Waals surface area contributed by atoms with Crippen LogP contribution in [-0.2, 0) is 14.3 Å². The molecular formula is C18H13F3N2O4S2. The molecule has 0 unspecified atom stereocenters. The summed E-state index contributed by atoms with van der Waals surface area (Å²) >= 11 is 2.01. The first-order valence-corrected chi connectivity index (χ1v) is 9.94. The van der Waals surface area contributed by atoms with Crippen molar-refractivity contribution >= 4 is 40.6 Å². The molecule has 0 aliphatic heterocycles. The van der Waals surface area contributed by atoms with Gasteiger partial charge in [0.2, 0.25) is 5.78 Å². The third-order valence-electron chi connectivity index (χ3n) is 3.41. The summed E-state index contributed by atoms with van der Waals surface area (Å²) in [5.41, 5.74) is 0.140. The predicted octanol–water partition coefficient (Wildman–Crippen LogP) is 4.04. The molecule has 2 rings (SSSR count). The average Bonchev–Trinajstić information content (AvgIpc) is 3.19. The van der Waals surface area contributed by atoms with E-state index in [0.717, 1.165) is 0 Å². The second-order valence-corrected chi connectivity index (χ2v) is 7.38. The standard InChI is InChI=1S/C18H13F3N2O4S2/c1-2-27-17(26)11-7-13(14-4-3-5-28-14)23-16(12(11)8-22)29-9-10(24)6-15(25)18(19,20)21/h3-5,7H,2,6,9H2,1H3. The lowest BCUT2D eigenvalue weighted by Gasteiger charge is -2.10. The van der Waals surface area contributed by atoms with E-state index in [2.05, 4.69) is 4.98 Å². The van der Waals surface area contributed by atoms with E-state index in [1.54, 1.807) is 24.4 Å². The van der Waals surface area contributed by atoms with Gasteiger partial charge in [0.05, 0.1) is 40.5 Å². The van der Waals surface area contributed by atoms with Crippen molar-refractivity contribution < 1.29 is 32.3 Å². The molecule has 2 aromatic heterocycles. The smallest absolute Gasteiger partial charge is 0.450 e. The fourth-order valence-corrected chi connectivity index (χ4v) is 3.68. The first kappa shape index (κ1) is 22.6. The monoisotopic (exact) mass is 442 g/mol. The van der Waals surface area contributed by atoms with Gasteiger partial charge in [-0.25, -0.2) is 9.78 Å². The highest BCUT2D eigenvalue weighted by Crippen LogP contribution is 2.31. The van der Waals surface area contributed by atoms with Crippen molar-refractivity contribution in [2.75, 3.05) is 12.4 Å². The number of nitrogens with zero attached hydrogens (tertiary/aromatic N) is 2. The van der Waals surface area contributed by atoms with Crippen molar-refractivity contribution in [3.8, 4) is 16.6 Å². The zero-order chi connectivity index (χ0) is 21.6. The number of hydrogen-bond acceptors (Lipinski definition) is 8. The quantitative estimate of drug-likeness (QED) is 0.346. The number of carbonyl (C=O) groups excluding carboxylic acids is 3. The second kappa shape index (κ2) is 9.67. The van der Waals surface area contributed by atoms with Crippen LogP contribution in [0.4, 0.5) is 13.2 Å². The minimum absolute atomic E-state index is 0.00531. The normalized spacial score (nSPS) is 11.0. The maximum Gasteiger partial charge on any atom is 0.450 e. The van der Waals surface area contributed by atoms with E-state index in [9.17, 15) is 32.8 Å². The summed E-state index contributed by atoms with van der Waals surface area (Å²) < 4.78 is 41.9. The van der Waals surface area contributed by atoms with Crippen LogP contribution in [0.3, 0.4) is 0 Å². The Balaban J connectivity index is 2.34. The van der Waals surface area contributed by atoms with Gasteiger partial charge in [0.1, 0.15) is 11.1 Å². The molecule has 2 heterocycles. The molecule has 0 fully saturated rings. The molecule has 0 radical (unpaired) electrons. The van der Waals surface area contributed by atoms with E-state index >= 15 is 0 Å². The molecule has 0 aliphatic carbocycles. The highest BCUT2D eigenvalue weighted by atomic mass is 32.2. The number of alkyl halides is 3. The fourth-order valence-electron chi connectivity index (χ4n) is 2.13. The first-order chi connectivity index (χ1) is 13.7. The highest BCUT2D eigenvalue weighted by Gasteiger charge is 2.39. The van der Waals surface area contributed by atoms with Crippen molar-refractivity contribution in [3.05, 3.63) is 34.7 Å². The number of rotatable bonds is 8. The molecule has 0 saturated heterocycles. The molecule has 0 spiro atoms. The van der Waals surface area contributed by atoms with Gasteiger partial charge < -0.3 is 4.74 Å². The van der Waals surface area contributed by atoms with Crippen LogP contribution in [0, 0.1) is 11.3 Å². The van der Waals surface area contributed by atoms with Crippen LogP contribution in [-0.4, -0.2) is 41.1 Å². The number of nitriles is 1. The molecule has 6 nitrogen and oxygen atoms in total. The summed E-state index contributed by atoms with van der Waals surface area (Å²) in [6.45, 7) is 1.66. The third-order valence-corrected chi connectivity index (χ3v) is 5.34. The van der Waals surface area contributed by atoms with E-state index in [0.29, 0.717) is 22.3 Å². The number of thiophene rings is 1. The van der Waals surface area contributed by atoms with Crippen molar-refractivity contribution in [1.29, 1.82) is 5.26 Å². The lowest BCUT2D eigenvalue weighted by Crippen LogP contribution is -2.25. The zero-order valence-electron chi connectivity index (χ0n) is 14.9. The molecule has 152 valence electrons. The number of aromatic nitrogens is 1. The molecule has 0 saturated carbocycles. The number of carbonyl (C=O) groups is 3. The Labute approximate surface area is 171 Å². The summed E-state index contributed by atoms with van der Waals surface area (Å²) in [6.07, 6.45) is -6.39. The van der Waals surface area contributed by atoms with Crippen molar-refractivity contribution in [2.45, 2.75) is 24.5 Å². The molecule has 0 N–H and O–H groups in total. The van der Waals surface area contributed by atoms with E-state index in [4.69, 9.17) is 4.74 Å². The van der Waals surface area contributed by atoms with E-state index in [1.807, 2.05) is 6.07 Å². The average molecular weight is 442 g/mol. The summed E-state index contributed by atoms with van der Waals surface area (Å²) in [4.78, 5) is 39.9. The summed E-state index contributed by atoms with van der Waals surface area (Å²) in [7, 11) is 0. The Bertz CT molecular complexity index is 967. The summed E-state index contributed by atoms with van der Waals surface area (Å²) in [5, 5.41) is 11.2. The van der Waals surface area contributed by atoms with Gasteiger partial charge in [-0.1, -0.05) is 17.8 Å². The van der Waals surface area contributed by atoms with Crippen LogP contribution >= 0.6 is 23.1 Å². The summed E-state index contributed by atoms with van der Waals surface area (Å²) in [6, 6.07) is 6.70. The zero-order valence-corrected chi connectivity index (χ0v) is 16.5. The topological polar surface area (TPSA) is 97.1 Å². The van der Waals surface area contributed by atoms with Crippen molar-refractivity contribution in [1.82, 2.24) is 4.98 Å². The van der Waals surface area contributed by atoms with Crippen LogP contribution in [0.5, 0.6) is 0 Å². The lowest BCUT2D eigenvalue weighted by atomic mass is 10.1. The number of hydrogen-bond donors (Lipinski definition) is 0. The summed E-state index contributed by atoms with van der Waals surface area (Å²) in [5.74, 6) is -4.39. The Morgan fingerprint density at radius 2 is 2.07 bits per heavy atom. The van der Waals surface area contributed by atoms with Gasteiger partial charge in [0.15, 0.2) is 5.78 Å². The number of halogens is 3. The van der Waals surface area contributed by atoms with Gasteiger partial charge in [0, 0.05) is 0 Å². The van der Waals surface area contributed by atoms with Crippen LogP contribution in [0.15, 0.2) is 28.6 Å². The molecule has 0 aromatic carbocycles. The number of pyridine rings is 1. The number of ketones is 2. The van der Waals surface area contributed by atoms with Gasteiger partial charge in [-0.2, -0.15) is 18.4 Å². The lowest BCUT2D eigenvalue weighted by molar-refractivity contribution is -0.171. The van der Waals surface area contributed by atoms with E-state index < -0.39 is 35.9 Å². The van der Waals surface area contributed by atoms with Crippen molar-refractivity contribution in [3.63, 3.8) is 0 Å². The van der Waals surface area contributed by atoms with Gasteiger partial charge >= 0.3 is 12.1 Å². The molecule has 0 amide bonds. The third kappa shape index (κ3) is 5.88. The van der Waals surface area contributed by atoms with E-state index in [1.165, 1.54) is 17.4 Å². The maximum atomic E-state index is 12.3. The van der Waals surface area contributed by atoms with Crippen LogP contribution in [0.25, 0.3) is 10.6 Å². The van der Waals surface area contributed by atoms with Gasteiger partial charge in [-0.05, 0) is 24.4 Å². The Morgan fingerprint density at radius 1 is 1.34 bits per heavy atom. The maximum absolute atomic E-state index is 12.3. The minimum Gasteiger partial charge on any atom is -0.462 e. The van der Waals surface area contributed by atoms with Crippen LogP contribution < -0.4 is 0 Å². The largest absolute Gasteiger partial charge is 0.462 e. The SMILES string of the molecule is CCOC(=O)c1cc(-c2cccs2)nc(SCC(=O)CC(=O)C(F)(F)F)c1C#N. The second-order valence-electron chi connectivity index (χ2n) is 5.47. The Hall–Kier alpha value is -2.71. The molecule has 2 aromatic rings. The van der Waals surface area contributed by atoms with Gasteiger partial charge in [0.25, 0.3) is 0 Å². The number of ether oxygens (including phenoxy) is 1. The number of thioether (sulfide) groups is 1. The molecule has 29 heavy (non-hydrogen) atoms. The van der Waals surface area contributed by atoms with E-state index in [-0.39, 0.29) is 22.8 Å².